The second-order valence-corrected chi connectivity index (χ2v) is 7.62. The van der Waals surface area contributed by atoms with E-state index in [0.717, 1.165) is 6.07 Å². The summed E-state index contributed by atoms with van der Waals surface area (Å²) in [4.78, 5) is 23.9. The Labute approximate surface area is 192 Å². The van der Waals surface area contributed by atoms with Gasteiger partial charge in [-0.1, -0.05) is 24.3 Å². The molecule has 5 rings (SSSR count). The highest BCUT2D eigenvalue weighted by Crippen LogP contribution is 2.36. The van der Waals surface area contributed by atoms with Crippen molar-refractivity contribution >= 4 is 23.2 Å². The number of rotatable bonds is 4. The number of carbonyl (C=O) groups excluding carboxylic acids is 1. The lowest BCUT2D eigenvalue weighted by Gasteiger charge is -2.27. The van der Waals surface area contributed by atoms with Crippen LogP contribution in [-0.4, -0.2) is 51.8 Å². The van der Waals surface area contributed by atoms with E-state index in [0.29, 0.717) is 37.9 Å². The maximum Gasteiger partial charge on any atom is 0.417 e. The molecule has 1 fully saturated rings. The van der Waals surface area contributed by atoms with Crippen LogP contribution in [0.1, 0.15) is 15.9 Å². The molecule has 3 aromatic heterocycles. The minimum absolute atomic E-state index is 0.0788. The van der Waals surface area contributed by atoms with Crippen molar-refractivity contribution in [1.29, 1.82) is 0 Å². The molecule has 1 N–H and O–H groups in total. The van der Waals surface area contributed by atoms with Crippen LogP contribution in [0.2, 0.25) is 0 Å². The van der Waals surface area contributed by atoms with Gasteiger partial charge in [0.1, 0.15) is 17.2 Å². The van der Waals surface area contributed by atoms with Crippen LogP contribution in [0, 0.1) is 0 Å². The molecule has 4 heterocycles. The normalized spacial score (nSPS) is 14.4. The third kappa shape index (κ3) is 4.29. The summed E-state index contributed by atoms with van der Waals surface area (Å²) >= 11 is 0. The maximum absolute atomic E-state index is 13.5. The van der Waals surface area contributed by atoms with Crippen LogP contribution in [-0.2, 0) is 10.9 Å². The maximum atomic E-state index is 13.5. The van der Waals surface area contributed by atoms with Gasteiger partial charge in [-0.25, -0.2) is 14.5 Å². The number of ether oxygens (including phenoxy) is 1. The van der Waals surface area contributed by atoms with Gasteiger partial charge in [0.05, 0.1) is 30.7 Å². The van der Waals surface area contributed by atoms with Crippen molar-refractivity contribution in [3.63, 3.8) is 0 Å². The first-order valence-corrected chi connectivity index (χ1v) is 10.5. The van der Waals surface area contributed by atoms with Gasteiger partial charge in [-0.2, -0.15) is 18.3 Å². The van der Waals surface area contributed by atoms with Crippen molar-refractivity contribution in [2.45, 2.75) is 6.18 Å². The molecule has 4 aromatic rings. The summed E-state index contributed by atoms with van der Waals surface area (Å²) in [5.74, 6) is 0.535. The van der Waals surface area contributed by atoms with Gasteiger partial charge < -0.3 is 15.0 Å². The predicted octanol–water partition coefficient (Wildman–Crippen LogP) is 3.90. The van der Waals surface area contributed by atoms with E-state index in [-0.39, 0.29) is 22.5 Å². The van der Waals surface area contributed by atoms with Gasteiger partial charge in [-0.3, -0.25) is 4.79 Å². The van der Waals surface area contributed by atoms with Crippen molar-refractivity contribution in [3.8, 4) is 11.3 Å². The first kappa shape index (κ1) is 21.8. The molecule has 8 nitrogen and oxygen atoms in total. The largest absolute Gasteiger partial charge is 0.417 e. The van der Waals surface area contributed by atoms with Gasteiger partial charge in [0.25, 0.3) is 5.91 Å². The van der Waals surface area contributed by atoms with E-state index in [1.807, 2.05) is 6.07 Å². The number of aromatic nitrogens is 4. The van der Waals surface area contributed by atoms with Gasteiger partial charge in [0, 0.05) is 24.8 Å². The highest BCUT2D eigenvalue weighted by Gasteiger charge is 2.33. The van der Waals surface area contributed by atoms with E-state index in [9.17, 15) is 18.0 Å². The zero-order valence-electron chi connectivity index (χ0n) is 17.8. The fraction of sp³-hybridized carbons (Fsp3) is 0.217. The summed E-state index contributed by atoms with van der Waals surface area (Å²) < 4.78 is 47.1. The predicted molar refractivity (Wildman–Crippen MR) is 119 cm³/mol. The Morgan fingerprint density at radius 1 is 1.00 bits per heavy atom. The number of nitrogens with zero attached hydrogens (tertiary/aromatic N) is 5. The summed E-state index contributed by atoms with van der Waals surface area (Å²) in [7, 11) is 0. The third-order valence-electron chi connectivity index (χ3n) is 5.43. The third-order valence-corrected chi connectivity index (χ3v) is 5.43. The molecule has 174 valence electrons. The van der Waals surface area contributed by atoms with Crippen molar-refractivity contribution in [1.82, 2.24) is 19.6 Å². The topological polar surface area (TPSA) is 84.7 Å². The number of nitrogens with one attached hydrogen (secondary N) is 1. The second kappa shape index (κ2) is 8.75. The van der Waals surface area contributed by atoms with Gasteiger partial charge in [-0.05, 0) is 24.3 Å². The molecule has 1 aliphatic heterocycles. The second-order valence-electron chi connectivity index (χ2n) is 7.62. The average molecular weight is 468 g/mol. The van der Waals surface area contributed by atoms with Crippen LogP contribution in [0.5, 0.6) is 0 Å². The summed E-state index contributed by atoms with van der Waals surface area (Å²) in [5.41, 5.74) is -0.546. The molecule has 1 saturated heterocycles. The lowest BCUT2D eigenvalue weighted by molar-refractivity contribution is -0.137. The lowest BCUT2D eigenvalue weighted by atomic mass is 10.0. The van der Waals surface area contributed by atoms with Crippen LogP contribution < -0.4 is 10.2 Å². The number of amides is 1. The van der Waals surface area contributed by atoms with Crippen molar-refractivity contribution < 1.29 is 22.7 Å². The Kier molecular flexibility index (Phi) is 5.62. The number of morpholine rings is 1. The van der Waals surface area contributed by atoms with E-state index in [1.165, 1.54) is 41.2 Å². The molecule has 1 aromatic carbocycles. The fourth-order valence-corrected chi connectivity index (χ4v) is 3.78. The number of pyridine rings is 1. The molecule has 0 unspecified atom stereocenters. The van der Waals surface area contributed by atoms with Crippen LogP contribution in [0.3, 0.4) is 0 Å². The molecule has 1 aliphatic rings. The Morgan fingerprint density at radius 2 is 1.79 bits per heavy atom. The zero-order valence-corrected chi connectivity index (χ0v) is 17.8. The number of fused-ring (bicyclic) bond motifs is 1. The van der Waals surface area contributed by atoms with Crippen LogP contribution in [0.15, 0.2) is 60.9 Å². The summed E-state index contributed by atoms with van der Waals surface area (Å²) in [5, 5.41) is 6.84. The van der Waals surface area contributed by atoms with E-state index in [4.69, 9.17) is 4.74 Å². The van der Waals surface area contributed by atoms with Crippen LogP contribution in [0.4, 0.5) is 24.8 Å². The number of alkyl halides is 3. The Hall–Kier alpha value is -3.99. The first-order valence-electron chi connectivity index (χ1n) is 10.5. The summed E-state index contributed by atoms with van der Waals surface area (Å²) in [6.45, 7) is 2.60. The molecular formula is C23H19F3N6O2. The van der Waals surface area contributed by atoms with Gasteiger partial charge in [0.15, 0.2) is 5.65 Å². The average Bonchev–Trinajstić information content (AvgIpc) is 3.28. The van der Waals surface area contributed by atoms with Crippen molar-refractivity contribution in [3.05, 3.63) is 72.1 Å². The molecule has 0 atom stereocenters. The van der Waals surface area contributed by atoms with Gasteiger partial charge in [0.2, 0.25) is 0 Å². The number of hydrogen-bond donors (Lipinski definition) is 1. The van der Waals surface area contributed by atoms with E-state index in [1.54, 1.807) is 12.1 Å². The van der Waals surface area contributed by atoms with Gasteiger partial charge >= 0.3 is 6.18 Å². The Bertz CT molecular complexity index is 1350. The van der Waals surface area contributed by atoms with E-state index >= 15 is 0 Å². The molecule has 0 radical (unpaired) electrons. The molecule has 0 bridgehead atoms. The van der Waals surface area contributed by atoms with Gasteiger partial charge in [-0.15, -0.1) is 0 Å². The SMILES string of the molecule is O=C(Nc1cccc(N2CCOCC2)n1)c1cnn2ccc(-c3ccccc3C(F)(F)F)nc12. The molecule has 11 heteroatoms. The molecule has 0 aliphatic carbocycles. The number of carbonyl (C=O) groups is 1. The van der Waals surface area contributed by atoms with Crippen LogP contribution >= 0.6 is 0 Å². The van der Waals surface area contributed by atoms with E-state index in [2.05, 4.69) is 25.3 Å². The number of benzene rings is 1. The van der Waals surface area contributed by atoms with Crippen molar-refractivity contribution in [2.75, 3.05) is 36.5 Å². The first-order chi connectivity index (χ1) is 16.4. The minimum Gasteiger partial charge on any atom is -0.378 e. The molecule has 0 saturated carbocycles. The molecule has 34 heavy (non-hydrogen) atoms. The van der Waals surface area contributed by atoms with Crippen LogP contribution in [0.25, 0.3) is 16.9 Å². The highest BCUT2D eigenvalue weighted by atomic mass is 19.4. The van der Waals surface area contributed by atoms with E-state index < -0.39 is 17.6 Å². The summed E-state index contributed by atoms with van der Waals surface area (Å²) in [6, 6.07) is 11.9. The Balaban J connectivity index is 1.45. The molecule has 1 amide bonds. The highest BCUT2D eigenvalue weighted by molar-refractivity contribution is 6.07. The lowest BCUT2D eigenvalue weighted by Crippen LogP contribution is -2.36. The zero-order chi connectivity index (χ0) is 23.7. The van der Waals surface area contributed by atoms with Crippen molar-refractivity contribution in [2.24, 2.45) is 0 Å². The summed E-state index contributed by atoms with van der Waals surface area (Å²) in [6.07, 6.45) is -1.75. The smallest absolute Gasteiger partial charge is 0.378 e. The minimum atomic E-state index is -4.54. The molecular weight excluding hydrogens is 449 g/mol. The Morgan fingerprint density at radius 3 is 2.59 bits per heavy atom. The number of halogens is 3. The number of hydrogen-bond acceptors (Lipinski definition) is 6. The monoisotopic (exact) mass is 468 g/mol. The molecule has 0 spiro atoms. The fourth-order valence-electron chi connectivity index (χ4n) is 3.78. The number of anilines is 2. The standard InChI is InChI=1S/C23H19F3N6O2/c24-23(25,26)17-5-2-1-4-15(17)18-8-9-32-21(28-18)16(14-27-32)22(33)30-19-6-3-7-20(29-19)31-10-12-34-13-11-31/h1-9,14H,10-13H2,(H,29,30,33). The quantitative estimate of drug-likeness (QED) is 0.489.